The number of nitriles is 1. The predicted molar refractivity (Wildman–Crippen MR) is 50.5 cm³/mol. The lowest BCUT2D eigenvalue weighted by atomic mass is 9.69. The standard InChI is InChI=1S/C10H8F3NS/c11-10(12,13)8-3-2-7(15-8)9(6-14)4-1-5-9/h2-3H,1,4-5H2. The van der Waals surface area contributed by atoms with E-state index in [0.717, 1.165) is 12.5 Å². The molecule has 0 aromatic carbocycles. The molecule has 0 aliphatic heterocycles. The molecule has 0 spiro atoms. The quantitative estimate of drug-likeness (QED) is 0.722. The molecule has 1 saturated carbocycles. The molecule has 5 heteroatoms. The summed E-state index contributed by atoms with van der Waals surface area (Å²) in [4.78, 5) is -0.0531. The van der Waals surface area contributed by atoms with E-state index >= 15 is 0 Å². The van der Waals surface area contributed by atoms with E-state index in [1.165, 1.54) is 6.07 Å². The number of thiophene rings is 1. The summed E-state index contributed by atoms with van der Waals surface area (Å²) in [6.07, 6.45) is -2.00. The first kappa shape index (κ1) is 10.5. The van der Waals surface area contributed by atoms with E-state index in [4.69, 9.17) is 5.26 Å². The first-order chi connectivity index (χ1) is 6.98. The van der Waals surface area contributed by atoms with Crippen molar-refractivity contribution in [1.82, 2.24) is 0 Å². The zero-order valence-electron chi connectivity index (χ0n) is 7.77. The van der Waals surface area contributed by atoms with Gasteiger partial charge < -0.3 is 0 Å². The Labute approximate surface area is 89.1 Å². The third-order valence-corrected chi connectivity index (χ3v) is 4.11. The molecule has 0 atom stereocenters. The van der Waals surface area contributed by atoms with E-state index in [9.17, 15) is 13.2 Å². The van der Waals surface area contributed by atoms with Crippen molar-refractivity contribution in [3.63, 3.8) is 0 Å². The highest BCUT2D eigenvalue weighted by molar-refractivity contribution is 7.12. The average Bonchev–Trinajstić information content (AvgIpc) is 2.51. The SMILES string of the molecule is N#CC1(c2ccc(C(F)(F)F)s2)CCC1. The van der Waals surface area contributed by atoms with Gasteiger partial charge in [0.2, 0.25) is 0 Å². The molecule has 15 heavy (non-hydrogen) atoms. The molecule has 0 unspecified atom stereocenters. The molecule has 1 aromatic heterocycles. The van der Waals surface area contributed by atoms with Crippen LogP contribution in [0.3, 0.4) is 0 Å². The summed E-state index contributed by atoms with van der Waals surface area (Å²) in [5.41, 5.74) is -0.631. The van der Waals surface area contributed by atoms with Gasteiger partial charge in [-0.2, -0.15) is 18.4 Å². The van der Waals surface area contributed by atoms with Crippen LogP contribution < -0.4 is 0 Å². The second-order valence-corrected chi connectivity index (χ2v) is 4.79. The molecular formula is C10H8F3NS. The second-order valence-electron chi connectivity index (χ2n) is 3.71. The Kier molecular flexibility index (Phi) is 2.27. The van der Waals surface area contributed by atoms with Crippen LogP contribution in [-0.2, 0) is 11.6 Å². The number of halogens is 3. The fourth-order valence-electron chi connectivity index (χ4n) is 1.69. The van der Waals surface area contributed by atoms with Crippen molar-refractivity contribution < 1.29 is 13.2 Å². The fourth-order valence-corrected chi connectivity index (χ4v) is 2.76. The van der Waals surface area contributed by atoms with Crippen molar-refractivity contribution in [2.45, 2.75) is 30.9 Å². The van der Waals surface area contributed by atoms with Gasteiger partial charge in [-0.3, -0.25) is 0 Å². The number of alkyl halides is 3. The number of hydrogen-bond acceptors (Lipinski definition) is 2. The topological polar surface area (TPSA) is 23.8 Å². The molecule has 0 N–H and O–H groups in total. The van der Waals surface area contributed by atoms with Crippen molar-refractivity contribution in [3.05, 3.63) is 21.9 Å². The van der Waals surface area contributed by atoms with Gasteiger partial charge in [-0.25, -0.2) is 0 Å². The average molecular weight is 231 g/mol. The Morgan fingerprint density at radius 3 is 2.33 bits per heavy atom. The van der Waals surface area contributed by atoms with E-state index in [0.29, 0.717) is 29.1 Å². The van der Waals surface area contributed by atoms with Gasteiger partial charge >= 0.3 is 6.18 Å². The summed E-state index contributed by atoms with van der Waals surface area (Å²) in [5, 5.41) is 8.98. The summed E-state index contributed by atoms with van der Waals surface area (Å²) in [7, 11) is 0. The largest absolute Gasteiger partial charge is 0.425 e. The van der Waals surface area contributed by atoms with Gasteiger partial charge in [0.25, 0.3) is 0 Å². The Hall–Kier alpha value is -1.02. The third kappa shape index (κ3) is 1.63. The lowest BCUT2D eigenvalue weighted by Crippen LogP contribution is -2.31. The van der Waals surface area contributed by atoms with E-state index in [1.54, 1.807) is 0 Å². The smallest absolute Gasteiger partial charge is 0.197 e. The van der Waals surface area contributed by atoms with Crippen LogP contribution in [0.15, 0.2) is 12.1 Å². The molecule has 0 bridgehead atoms. The molecule has 0 amide bonds. The van der Waals surface area contributed by atoms with Crippen LogP contribution in [-0.4, -0.2) is 0 Å². The Bertz CT molecular complexity index is 409. The predicted octanol–water partition coefficient (Wildman–Crippen LogP) is 3.71. The molecule has 2 rings (SSSR count). The van der Waals surface area contributed by atoms with Crippen molar-refractivity contribution in [3.8, 4) is 6.07 Å². The van der Waals surface area contributed by atoms with Gasteiger partial charge in [0.15, 0.2) is 0 Å². The summed E-state index contributed by atoms with van der Waals surface area (Å²) < 4.78 is 37.0. The molecule has 1 aromatic rings. The summed E-state index contributed by atoms with van der Waals surface area (Å²) in [6.45, 7) is 0. The molecule has 0 radical (unpaired) electrons. The molecule has 1 fully saturated rings. The van der Waals surface area contributed by atoms with Crippen molar-refractivity contribution in [2.75, 3.05) is 0 Å². The summed E-state index contributed by atoms with van der Waals surface area (Å²) in [6, 6.07) is 4.65. The Balaban J connectivity index is 2.32. The van der Waals surface area contributed by atoms with Gasteiger partial charge in [0.1, 0.15) is 4.88 Å². The molecule has 1 heterocycles. The monoisotopic (exact) mass is 231 g/mol. The van der Waals surface area contributed by atoms with Crippen LogP contribution >= 0.6 is 11.3 Å². The minimum absolute atomic E-state index is 0.559. The van der Waals surface area contributed by atoms with E-state index in [-0.39, 0.29) is 0 Å². The molecule has 80 valence electrons. The Morgan fingerprint density at radius 1 is 1.33 bits per heavy atom. The van der Waals surface area contributed by atoms with Crippen LogP contribution in [0.5, 0.6) is 0 Å². The Morgan fingerprint density at radius 2 is 2.00 bits per heavy atom. The fraction of sp³-hybridized carbons (Fsp3) is 0.500. The van der Waals surface area contributed by atoms with Crippen LogP contribution in [0.1, 0.15) is 29.0 Å². The summed E-state index contributed by atoms with van der Waals surface area (Å²) in [5.74, 6) is 0. The molecule has 1 aliphatic rings. The van der Waals surface area contributed by atoms with Crippen molar-refractivity contribution in [1.29, 1.82) is 5.26 Å². The highest BCUT2D eigenvalue weighted by Gasteiger charge is 2.42. The minimum Gasteiger partial charge on any atom is -0.197 e. The van der Waals surface area contributed by atoms with Gasteiger partial charge in [-0.05, 0) is 31.4 Å². The summed E-state index contributed by atoms with van der Waals surface area (Å²) >= 11 is 0.700. The van der Waals surface area contributed by atoms with E-state index < -0.39 is 16.5 Å². The van der Waals surface area contributed by atoms with Crippen LogP contribution in [0, 0.1) is 11.3 Å². The molecule has 0 saturated heterocycles. The highest BCUT2D eigenvalue weighted by atomic mass is 32.1. The van der Waals surface area contributed by atoms with E-state index in [2.05, 4.69) is 6.07 Å². The zero-order chi connectivity index (χ0) is 11.1. The van der Waals surface area contributed by atoms with Crippen LogP contribution in [0.2, 0.25) is 0 Å². The maximum absolute atomic E-state index is 12.3. The second kappa shape index (κ2) is 3.24. The van der Waals surface area contributed by atoms with Gasteiger partial charge in [-0.15, -0.1) is 11.3 Å². The maximum Gasteiger partial charge on any atom is 0.425 e. The lowest BCUT2D eigenvalue weighted by molar-refractivity contribution is -0.134. The van der Waals surface area contributed by atoms with E-state index in [1.807, 2.05) is 0 Å². The number of hydrogen-bond donors (Lipinski definition) is 0. The van der Waals surface area contributed by atoms with Crippen LogP contribution in [0.25, 0.3) is 0 Å². The van der Waals surface area contributed by atoms with Gasteiger partial charge in [-0.1, -0.05) is 0 Å². The number of rotatable bonds is 1. The highest BCUT2D eigenvalue weighted by Crippen LogP contribution is 2.47. The first-order valence-corrected chi connectivity index (χ1v) is 5.38. The normalized spacial score (nSPS) is 19.3. The van der Waals surface area contributed by atoms with Gasteiger partial charge in [0.05, 0.1) is 11.5 Å². The zero-order valence-corrected chi connectivity index (χ0v) is 8.58. The minimum atomic E-state index is -4.29. The molecular weight excluding hydrogens is 223 g/mol. The number of nitrogens with zero attached hydrogens (tertiary/aromatic N) is 1. The molecule has 1 nitrogen and oxygen atoms in total. The van der Waals surface area contributed by atoms with Crippen molar-refractivity contribution in [2.24, 2.45) is 0 Å². The maximum atomic E-state index is 12.3. The third-order valence-electron chi connectivity index (χ3n) is 2.78. The van der Waals surface area contributed by atoms with Gasteiger partial charge in [0, 0.05) is 4.88 Å². The lowest BCUT2D eigenvalue weighted by Gasteiger charge is -2.34. The van der Waals surface area contributed by atoms with Crippen molar-refractivity contribution >= 4 is 11.3 Å². The first-order valence-electron chi connectivity index (χ1n) is 4.57. The van der Waals surface area contributed by atoms with Crippen LogP contribution in [0.4, 0.5) is 13.2 Å². The molecule has 1 aliphatic carbocycles.